The second-order valence-electron chi connectivity index (χ2n) is 7.38. The Morgan fingerprint density at radius 3 is 2.69 bits per heavy atom. The van der Waals surface area contributed by atoms with E-state index in [4.69, 9.17) is 22.9 Å². The van der Waals surface area contributed by atoms with Crippen LogP contribution in [0.4, 0.5) is 15.3 Å². The van der Waals surface area contributed by atoms with Crippen LogP contribution in [0.1, 0.15) is 10.4 Å². The molecule has 0 aliphatic carbocycles. The molecule has 0 atom stereocenters. The van der Waals surface area contributed by atoms with Crippen LogP contribution in [-0.2, 0) is 0 Å². The van der Waals surface area contributed by atoms with Crippen molar-refractivity contribution in [3.05, 3.63) is 88.7 Å². The van der Waals surface area contributed by atoms with Gasteiger partial charge >= 0.3 is 0 Å². The van der Waals surface area contributed by atoms with Crippen molar-refractivity contribution in [3.8, 4) is 28.1 Å². The number of pyridine rings is 1. The number of amides is 1. The first-order valence-electron chi connectivity index (χ1n) is 10.4. The minimum atomic E-state index is -0.603. The average Bonchev–Trinajstić information content (AvgIpc) is 3.30. The van der Waals surface area contributed by atoms with Gasteiger partial charge in [-0.2, -0.15) is 4.98 Å². The van der Waals surface area contributed by atoms with Crippen LogP contribution in [0, 0.1) is 12.4 Å². The SMILES string of the molecule is [C-]#[N+]c1cc(-c2c(F)cccc2OC)c(C(=O)Nc2nc3ncc(-c4ccc(Cl)cc4)nc3s2)cn1. The Hall–Kier alpha value is -4.46. The highest BCUT2D eigenvalue weighted by molar-refractivity contribution is 7.21. The minimum Gasteiger partial charge on any atom is -0.496 e. The lowest BCUT2D eigenvalue weighted by atomic mass is 9.99. The summed E-state index contributed by atoms with van der Waals surface area (Å²) < 4.78 is 20.1. The third-order valence-electron chi connectivity index (χ3n) is 5.20. The zero-order chi connectivity index (χ0) is 25.2. The Morgan fingerprint density at radius 1 is 1.14 bits per heavy atom. The number of carbonyl (C=O) groups excluding carboxylic acids is 1. The van der Waals surface area contributed by atoms with E-state index < -0.39 is 11.7 Å². The van der Waals surface area contributed by atoms with E-state index in [0.717, 1.165) is 16.9 Å². The summed E-state index contributed by atoms with van der Waals surface area (Å²) >= 11 is 7.10. The van der Waals surface area contributed by atoms with Gasteiger partial charge in [0.2, 0.25) is 0 Å². The molecule has 0 saturated carbocycles. The van der Waals surface area contributed by atoms with E-state index in [1.165, 1.54) is 31.5 Å². The molecule has 0 aliphatic heterocycles. The van der Waals surface area contributed by atoms with Crippen molar-refractivity contribution in [2.45, 2.75) is 0 Å². The van der Waals surface area contributed by atoms with Gasteiger partial charge in [0.15, 0.2) is 15.6 Å². The topological polar surface area (TPSA) is 94.2 Å². The van der Waals surface area contributed by atoms with Crippen molar-refractivity contribution in [2.75, 3.05) is 12.4 Å². The van der Waals surface area contributed by atoms with Gasteiger partial charge < -0.3 is 9.58 Å². The molecule has 36 heavy (non-hydrogen) atoms. The number of rotatable bonds is 5. The smallest absolute Gasteiger partial charge is 0.270 e. The lowest BCUT2D eigenvalue weighted by Gasteiger charge is -2.13. The van der Waals surface area contributed by atoms with Gasteiger partial charge in [0, 0.05) is 10.6 Å². The van der Waals surface area contributed by atoms with Crippen LogP contribution in [0.3, 0.4) is 0 Å². The monoisotopic (exact) mass is 516 g/mol. The first kappa shape index (κ1) is 23.3. The predicted molar refractivity (Wildman–Crippen MR) is 136 cm³/mol. The molecule has 3 heterocycles. The lowest BCUT2D eigenvalue weighted by Crippen LogP contribution is -2.14. The van der Waals surface area contributed by atoms with Crippen LogP contribution >= 0.6 is 22.9 Å². The summed E-state index contributed by atoms with van der Waals surface area (Å²) in [5, 5.41) is 3.58. The van der Waals surface area contributed by atoms with Crippen molar-refractivity contribution in [3.63, 3.8) is 0 Å². The van der Waals surface area contributed by atoms with Gasteiger partial charge in [0.05, 0.1) is 30.1 Å². The number of fused-ring (bicyclic) bond motifs is 1. The summed E-state index contributed by atoms with van der Waals surface area (Å²) in [5.41, 5.74) is 2.11. The van der Waals surface area contributed by atoms with Gasteiger partial charge in [-0.3, -0.25) is 10.1 Å². The molecule has 176 valence electrons. The molecule has 5 rings (SSSR count). The highest BCUT2D eigenvalue weighted by Crippen LogP contribution is 2.37. The molecule has 11 heteroatoms. The lowest BCUT2D eigenvalue weighted by molar-refractivity contribution is 0.102. The molecule has 2 aromatic carbocycles. The Morgan fingerprint density at radius 2 is 1.94 bits per heavy atom. The number of methoxy groups -OCH3 is 1. The van der Waals surface area contributed by atoms with E-state index in [0.29, 0.717) is 21.2 Å². The minimum absolute atomic E-state index is 0.00923. The van der Waals surface area contributed by atoms with Gasteiger partial charge in [0.1, 0.15) is 17.8 Å². The van der Waals surface area contributed by atoms with Gasteiger partial charge in [-0.1, -0.05) is 47.7 Å². The number of anilines is 1. The van der Waals surface area contributed by atoms with Crippen LogP contribution in [0.15, 0.2) is 60.9 Å². The third kappa shape index (κ3) is 4.45. The maximum Gasteiger partial charge on any atom is 0.270 e. The van der Waals surface area contributed by atoms with Crippen LogP contribution in [0.2, 0.25) is 5.02 Å². The zero-order valence-electron chi connectivity index (χ0n) is 18.5. The van der Waals surface area contributed by atoms with Gasteiger partial charge in [-0.15, -0.1) is 4.98 Å². The summed E-state index contributed by atoms with van der Waals surface area (Å²) in [5.74, 6) is -0.964. The molecule has 1 N–H and O–H groups in total. The molecule has 1 amide bonds. The van der Waals surface area contributed by atoms with E-state index in [-0.39, 0.29) is 33.4 Å². The summed E-state index contributed by atoms with van der Waals surface area (Å²) in [4.78, 5) is 34.3. The first-order chi connectivity index (χ1) is 17.5. The number of halogens is 2. The third-order valence-corrected chi connectivity index (χ3v) is 6.30. The number of hydrogen-bond acceptors (Lipinski definition) is 7. The Balaban J connectivity index is 1.50. The van der Waals surface area contributed by atoms with Crippen molar-refractivity contribution >= 4 is 50.3 Å². The number of hydrogen-bond donors (Lipinski definition) is 1. The molecule has 0 saturated heterocycles. The molecular formula is C25H14ClFN6O2S. The number of thiazole rings is 1. The summed E-state index contributed by atoms with van der Waals surface area (Å²) in [6, 6.07) is 12.9. The number of nitrogens with zero attached hydrogens (tertiary/aromatic N) is 5. The molecule has 8 nitrogen and oxygen atoms in total. The van der Waals surface area contributed by atoms with Crippen LogP contribution in [-0.4, -0.2) is 33.0 Å². The number of nitrogens with one attached hydrogen (secondary N) is 1. The second-order valence-corrected chi connectivity index (χ2v) is 8.79. The average molecular weight is 517 g/mol. The molecule has 0 fully saturated rings. The molecule has 0 unspecified atom stereocenters. The van der Waals surface area contributed by atoms with E-state index >= 15 is 0 Å². The van der Waals surface area contributed by atoms with Gasteiger partial charge in [-0.05, 0) is 35.9 Å². The summed E-state index contributed by atoms with van der Waals surface area (Å²) in [7, 11) is 1.40. The van der Waals surface area contributed by atoms with Gasteiger partial charge in [0.25, 0.3) is 11.7 Å². The van der Waals surface area contributed by atoms with E-state index in [2.05, 4.69) is 30.1 Å². The Labute approximate surface area is 213 Å². The number of carbonyl (C=O) groups is 1. The van der Waals surface area contributed by atoms with Gasteiger partial charge in [-0.25, -0.2) is 14.4 Å². The maximum atomic E-state index is 14.8. The fourth-order valence-electron chi connectivity index (χ4n) is 3.53. The molecule has 0 spiro atoms. The normalized spacial score (nSPS) is 10.7. The van der Waals surface area contributed by atoms with Crippen LogP contribution in [0.25, 0.3) is 37.7 Å². The largest absolute Gasteiger partial charge is 0.496 e. The van der Waals surface area contributed by atoms with Crippen molar-refractivity contribution < 1.29 is 13.9 Å². The number of benzene rings is 2. The quantitative estimate of drug-likeness (QED) is 0.271. The number of aromatic nitrogens is 4. The standard InChI is InChI=1S/C25H14ClFN6O2S/c1-28-20-10-15(21-17(27)4-3-5-19(21)35-2)16(11-29-20)23(34)33-25-32-22-24(36-25)31-18(12-30-22)13-6-8-14(26)9-7-13/h3-12H,2H3,(H,30,32,33,34). The summed E-state index contributed by atoms with van der Waals surface area (Å²) in [6.07, 6.45) is 2.82. The Kier molecular flexibility index (Phi) is 6.25. The first-order valence-corrected chi connectivity index (χ1v) is 11.6. The maximum absolute atomic E-state index is 14.8. The Bertz CT molecular complexity index is 1670. The van der Waals surface area contributed by atoms with Crippen LogP contribution < -0.4 is 10.1 Å². The predicted octanol–water partition coefficient (Wildman–Crippen LogP) is 6.42. The molecule has 0 radical (unpaired) electrons. The van der Waals surface area contributed by atoms with Crippen molar-refractivity contribution in [1.82, 2.24) is 19.9 Å². The molecular weight excluding hydrogens is 503 g/mol. The van der Waals surface area contributed by atoms with E-state index in [1.807, 2.05) is 12.1 Å². The molecule has 0 aliphatic rings. The van der Waals surface area contributed by atoms with Crippen molar-refractivity contribution in [1.29, 1.82) is 0 Å². The fourth-order valence-corrected chi connectivity index (χ4v) is 4.45. The molecule has 5 aromatic rings. The fraction of sp³-hybridized carbons (Fsp3) is 0.0400. The van der Waals surface area contributed by atoms with E-state index in [1.54, 1.807) is 24.4 Å². The van der Waals surface area contributed by atoms with Crippen LogP contribution in [0.5, 0.6) is 5.75 Å². The zero-order valence-corrected chi connectivity index (χ0v) is 20.1. The highest BCUT2D eigenvalue weighted by Gasteiger charge is 2.22. The van der Waals surface area contributed by atoms with Crippen molar-refractivity contribution in [2.24, 2.45) is 0 Å². The molecule has 0 bridgehead atoms. The second kappa shape index (κ2) is 9.65. The highest BCUT2D eigenvalue weighted by atomic mass is 35.5. The molecule has 3 aromatic heterocycles. The summed E-state index contributed by atoms with van der Waals surface area (Å²) in [6.45, 7) is 7.27. The number of ether oxygens (including phenoxy) is 1. The van der Waals surface area contributed by atoms with E-state index in [9.17, 15) is 9.18 Å².